The van der Waals surface area contributed by atoms with Crippen LogP contribution in [0.15, 0.2) is 42.5 Å². The Bertz CT molecular complexity index is 1080. The molecular weight excluding hydrogens is 487 g/mol. The first-order chi connectivity index (χ1) is 15.7. The van der Waals surface area contributed by atoms with E-state index in [4.69, 9.17) is 40.2 Å². The number of hydrogen-bond donors (Lipinski definition) is 2. The predicted molar refractivity (Wildman–Crippen MR) is 132 cm³/mol. The standard InChI is InChI=1S/C22H22Cl2N4O4S/c1-13(29)25-9-10-27-18(12-20(30)26-15-5-3-14(23)4-6-15)21(31)28(22(27)33)16-7-8-19(32-2)17(24)11-16/h3-8,11,18H,9-10,12H2,1-2H3,(H,25,29)(H,26,30). The SMILES string of the molecule is COc1ccc(N2C(=O)C(CC(=O)Nc3ccc(Cl)cc3)N(CCNC(C)=O)C2=S)cc1Cl. The third-order valence-corrected chi connectivity index (χ3v) is 5.91. The fourth-order valence-electron chi connectivity index (χ4n) is 3.39. The van der Waals surface area contributed by atoms with E-state index in [0.29, 0.717) is 27.2 Å². The Kier molecular flexibility index (Phi) is 8.12. The van der Waals surface area contributed by atoms with Gasteiger partial charge in [-0.25, -0.2) is 0 Å². The van der Waals surface area contributed by atoms with Gasteiger partial charge in [-0.2, -0.15) is 0 Å². The second-order valence-corrected chi connectivity index (χ2v) is 8.44. The van der Waals surface area contributed by atoms with Crippen molar-refractivity contribution in [3.8, 4) is 5.75 Å². The molecule has 0 saturated carbocycles. The molecule has 0 aliphatic carbocycles. The number of methoxy groups -OCH3 is 1. The molecule has 1 saturated heterocycles. The molecule has 33 heavy (non-hydrogen) atoms. The maximum absolute atomic E-state index is 13.4. The summed E-state index contributed by atoms with van der Waals surface area (Å²) in [6.45, 7) is 1.91. The van der Waals surface area contributed by atoms with Crippen LogP contribution in [0.4, 0.5) is 11.4 Å². The summed E-state index contributed by atoms with van der Waals surface area (Å²) < 4.78 is 5.17. The molecule has 0 bridgehead atoms. The molecule has 2 aromatic carbocycles. The van der Waals surface area contributed by atoms with Gasteiger partial charge in [0.05, 0.1) is 24.2 Å². The molecule has 1 aliphatic heterocycles. The Morgan fingerprint density at radius 1 is 1.15 bits per heavy atom. The van der Waals surface area contributed by atoms with Gasteiger partial charge in [0.1, 0.15) is 11.8 Å². The van der Waals surface area contributed by atoms with Crippen LogP contribution in [0.25, 0.3) is 0 Å². The fraction of sp³-hybridized carbons (Fsp3) is 0.273. The molecule has 1 fully saturated rings. The Hall–Kier alpha value is -2.88. The van der Waals surface area contributed by atoms with E-state index >= 15 is 0 Å². The molecule has 11 heteroatoms. The van der Waals surface area contributed by atoms with Gasteiger partial charge in [0, 0.05) is 30.7 Å². The molecule has 1 atom stereocenters. The number of halogens is 2. The number of anilines is 2. The molecule has 3 amide bonds. The number of ether oxygens (including phenoxy) is 1. The van der Waals surface area contributed by atoms with Gasteiger partial charge in [-0.05, 0) is 54.7 Å². The van der Waals surface area contributed by atoms with Crippen LogP contribution in [0.3, 0.4) is 0 Å². The Morgan fingerprint density at radius 2 is 1.85 bits per heavy atom. The van der Waals surface area contributed by atoms with Crippen LogP contribution in [0.2, 0.25) is 10.0 Å². The summed E-state index contributed by atoms with van der Waals surface area (Å²) in [6, 6.07) is 10.7. The average Bonchev–Trinajstić information content (AvgIpc) is 2.99. The highest BCUT2D eigenvalue weighted by Gasteiger charge is 2.44. The molecule has 0 aromatic heterocycles. The van der Waals surface area contributed by atoms with Crippen molar-refractivity contribution in [2.45, 2.75) is 19.4 Å². The van der Waals surface area contributed by atoms with E-state index in [1.165, 1.54) is 18.9 Å². The first-order valence-corrected chi connectivity index (χ1v) is 11.2. The summed E-state index contributed by atoms with van der Waals surface area (Å²) in [5, 5.41) is 6.53. The number of carbonyl (C=O) groups is 3. The second kappa shape index (κ2) is 10.8. The summed E-state index contributed by atoms with van der Waals surface area (Å²) in [6.07, 6.45) is -0.137. The molecule has 0 radical (unpaired) electrons. The summed E-state index contributed by atoms with van der Waals surface area (Å²) >= 11 is 17.7. The van der Waals surface area contributed by atoms with Crippen LogP contribution < -0.4 is 20.3 Å². The highest BCUT2D eigenvalue weighted by atomic mass is 35.5. The van der Waals surface area contributed by atoms with E-state index in [2.05, 4.69) is 10.6 Å². The van der Waals surface area contributed by atoms with Crippen LogP contribution >= 0.6 is 35.4 Å². The topological polar surface area (TPSA) is 91.0 Å². The molecular formula is C22H22Cl2N4O4S. The minimum absolute atomic E-state index is 0.137. The van der Waals surface area contributed by atoms with E-state index in [9.17, 15) is 14.4 Å². The lowest BCUT2D eigenvalue weighted by Crippen LogP contribution is -2.42. The van der Waals surface area contributed by atoms with Crippen molar-refractivity contribution < 1.29 is 19.1 Å². The molecule has 1 heterocycles. The lowest BCUT2D eigenvalue weighted by atomic mass is 10.1. The highest BCUT2D eigenvalue weighted by molar-refractivity contribution is 7.80. The Balaban J connectivity index is 1.83. The lowest BCUT2D eigenvalue weighted by Gasteiger charge is -2.24. The normalized spacial score (nSPS) is 15.6. The zero-order valence-corrected chi connectivity index (χ0v) is 20.3. The number of nitrogens with one attached hydrogen (secondary N) is 2. The number of carbonyl (C=O) groups excluding carboxylic acids is 3. The Morgan fingerprint density at radius 3 is 2.45 bits per heavy atom. The van der Waals surface area contributed by atoms with Crippen LogP contribution in [-0.4, -0.2) is 54.0 Å². The van der Waals surface area contributed by atoms with Crippen molar-refractivity contribution >= 4 is 69.6 Å². The maximum atomic E-state index is 13.4. The van der Waals surface area contributed by atoms with Crippen LogP contribution in [0, 0.1) is 0 Å². The number of rotatable bonds is 8. The van der Waals surface area contributed by atoms with Gasteiger partial charge in [0.15, 0.2) is 5.11 Å². The first-order valence-electron chi connectivity index (χ1n) is 9.99. The van der Waals surface area contributed by atoms with Crippen LogP contribution in [0.1, 0.15) is 13.3 Å². The van der Waals surface area contributed by atoms with E-state index in [1.54, 1.807) is 47.4 Å². The quantitative estimate of drug-likeness (QED) is 0.530. The zero-order chi connectivity index (χ0) is 24.1. The molecule has 8 nitrogen and oxygen atoms in total. The van der Waals surface area contributed by atoms with Gasteiger partial charge in [-0.1, -0.05) is 23.2 Å². The molecule has 2 aromatic rings. The summed E-state index contributed by atoms with van der Waals surface area (Å²) in [5.74, 6) is -0.477. The highest BCUT2D eigenvalue weighted by Crippen LogP contribution is 2.33. The first kappa shape index (κ1) is 24.8. The van der Waals surface area contributed by atoms with Crippen molar-refractivity contribution in [1.82, 2.24) is 10.2 Å². The zero-order valence-electron chi connectivity index (χ0n) is 17.9. The minimum atomic E-state index is -0.848. The number of amides is 3. The number of nitrogens with zero attached hydrogens (tertiary/aromatic N) is 2. The summed E-state index contributed by atoms with van der Waals surface area (Å²) in [5.41, 5.74) is 1.02. The third kappa shape index (κ3) is 5.93. The van der Waals surface area contributed by atoms with Gasteiger partial charge in [-0.15, -0.1) is 0 Å². The Labute approximate surface area is 206 Å². The average molecular weight is 509 g/mol. The molecule has 174 valence electrons. The van der Waals surface area contributed by atoms with Crippen molar-refractivity contribution in [2.24, 2.45) is 0 Å². The lowest BCUT2D eigenvalue weighted by molar-refractivity contribution is -0.124. The number of benzene rings is 2. The molecule has 1 unspecified atom stereocenters. The summed E-state index contributed by atoms with van der Waals surface area (Å²) in [7, 11) is 1.49. The second-order valence-electron chi connectivity index (χ2n) is 7.23. The molecule has 2 N–H and O–H groups in total. The van der Waals surface area contributed by atoms with Gasteiger partial charge in [0.25, 0.3) is 5.91 Å². The molecule has 0 spiro atoms. The third-order valence-electron chi connectivity index (χ3n) is 4.95. The van der Waals surface area contributed by atoms with Gasteiger partial charge >= 0.3 is 0 Å². The smallest absolute Gasteiger partial charge is 0.256 e. The van der Waals surface area contributed by atoms with E-state index in [-0.39, 0.29) is 42.3 Å². The maximum Gasteiger partial charge on any atom is 0.256 e. The van der Waals surface area contributed by atoms with Gasteiger partial charge < -0.3 is 20.3 Å². The van der Waals surface area contributed by atoms with E-state index < -0.39 is 6.04 Å². The van der Waals surface area contributed by atoms with Crippen molar-refractivity contribution in [1.29, 1.82) is 0 Å². The van der Waals surface area contributed by atoms with Crippen LogP contribution in [-0.2, 0) is 14.4 Å². The van der Waals surface area contributed by atoms with Gasteiger partial charge in [-0.3, -0.25) is 19.3 Å². The van der Waals surface area contributed by atoms with Gasteiger partial charge in [0.2, 0.25) is 11.8 Å². The summed E-state index contributed by atoms with van der Waals surface area (Å²) in [4.78, 5) is 40.3. The minimum Gasteiger partial charge on any atom is -0.495 e. The molecule has 3 rings (SSSR count). The van der Waals surface area contributed by atoms with Crippen molar-refractivity contribution in [2.75, 3.05) is 30.4 Å². The monoisotopic (exact) mass is 508 g/mol. The van der Waals surface area contributed by atoms with Crippen molar-refractivity contribution in [3.63, 3.8) is 0 Å². The molecule has 1 aliphatic rings. The van der Waals surface area contributed by atoms with Crippen LogP contribution in [0.5, 0.6) is 5.75 Å². The largest absolute Gasteiger partial charge is 0.495 e. The van der Waals surface area contributed by atoms with E-state index in [0.717, 1.165) is 0 Å². The van der Waals surface area contributed by atoms with E-state index in [1.807, 2.05) is 0 Å². The number of thiocarbonyl (C=S) groups is 1. The van der Waals surface area contributed by atoms with Crippen molar-refractivity contribution in [3.05, 3.63) is 52.5 Å². The predicted octanol–water partition coefficient (Wildman–Crippen LogP) is 3.47. The number of hydrogen-bond acceptors (Lipinski definition) is 5. The fourth-order valence-corrected chi connectivity index (χ4v) is 4.18.